The normalized spacial score (nSPS) is 24.2. The van der Waals surface area contributed by atoms with E-state index in [1.807, 2.05) is 0 Å². The summed E-state index contributed by atoms with van der Waals surface area (Å²) in [5, 5.41) is 10.2. The van der Waals surface area contributed by atoms with Crippen molar-refractivity contribution in [3.05, 3.63) is 0 Å². The summed E-state index contributed by atoms with van der Waals surface area (Å²) in [5.74, 6) is -0.496. The molecule has 1 aliphatic rings. The van der Waals surface area contributed by atoms with E-state index in [0.29, 0.717) is 19.4 Å². The van der Waals surface area contributed by atoms with Crippen molar-refractivity contribution in [3.63, 3.8) is 0 Å². The standard InChI is InChI=1S/C12H20O4/c1-3-16-11(14)7-8-12(2,15)9-5-4-6-10(9)13/h9,15H,3-8H2,1-2H3. The predicted molar refractivity (Wildman–Crippen MR) is 58.8 cm³/mol. The molecular formula is C12H20O4. The SMILES string of the molecule is CCOC(=O)CCC(C)(O)C1CCCC1=O. The predicted octanol–water partition coefficient (Wildman–Crippen LogP) is 1.45. The molecule has 0 aliphatic heterocycles. The molecule has 4 heteroatoms. The van der Waals surface area contributed by atoms with E-state index in [1.54, 1.807) is 13.8 Å². The van der Waals surface area contributed by atoms with Gasteiger partial charge >= 0.3 is 5.97 Å². The summed E-state index contributed by atoms with van der Waals surface area (Å²) in [7, 11) is 0. The van der Waals surface area contributed by atoms with Crippen LogP contribution in [0.2, 0.25) is 0 Å². The third kappa shape index (κ3) is 3.30. The number of esters is 1. The Morgan fingerprint density at radius 2 is 2.31 bits per heavy atom. The fraction of sp³-hybridized carbons (Fsp3) is 0.833. The maximum Gasteiger partial charge on any atom is 0.305 e. The van der Waals surface area contributed by atoms with Crippen LogP contribution in [0.4, 0.5) is 0 Å². The minimum Gasteiger partial charge on any atom is -0.466 e. The molecule has 92 valence electrons. The van der Waals surface area contributed by atoms with Crippen LogP contribution in [0.15, 0.2) is 0 Å². The Hall–Kier alpha value is -0.900. The molecule has 2 unspecified atom stereocenters. The van der Waals surface area contributed by atoms with E-state index in [-0.39, 0.29) is 24.1 Å². The minimum absolute atomic E-state index is 0.119. The average molecular weight is 228 g/mol. The molecule has 0 aromatic rings. The molecular weight excluding hydrogens is 208 g/mol. The number of ether oxygens (including phenoxy) is 1. The maximum atomic E-state index is 11.5. The lowest BCUT2D eigenvalue weighted by Gasteiger charge is -2.28. The Bertz CT molecular complexity index is 270. The molecule has 0 spiro atoms. The molecule has 4 nitrogen and oxygen atoms in total. The third-order valence-electron chi connectivity index (χ3n) is 3.20. The van der Waals surface area contributed by atoms with Gasteiger partial charge in [0.05, 0.1) is 12.2 Å². The van der Waals surface area contributed by atoms with Gasteiger partial charge in [0.15, 0.2) is 0 Å². The molecule has 0 aromatic carbocycles. The summed E-state index contributed by atoms with van der Waals surface area (Å²) >= 11 is 0. The van der Waals surface area contributed by atoms with Crippen LogP contribution < -0.4 is 0 Å². The molecule has 1 N–H and O–H groups in total. The Labute approximate surface area is 96.0 Å². The van der Waals surface area contributed by atoms with Crippen LogP contribution in [0.5, 0.6) is 0 Å². The second-order valence-electron chi connectivity index (χ2n) is 4.57. The van der Waals surface area contributed by atoms with E-state index >= 15 is 0 Å². The molecule has 0 amide bonds. The van der Waals surface area contributed by atoms with Gasteiger partial charge in [-0.3, -0.25) is 9.59 Å². The first-order valence-electron chi connectivity index (χ1n) is 5.88. The smallest absolute Gasteiger partial charge is 0.305 e. The maximum absolute atomic E-state index is 11.5. The molecule has 0 bridgehead atoms. The number of rotatable bonds is 5. The van der Waals surface area contributed by atoms with Crippen LogP contribution in [-0.4, -0.2) is 29.1 Å². The summed E-state index contributed by atoms with van der Waals surface area (Å²) in [6, 6.07) is 0. The van der Waals surface area contributed by atoms with Gasteiger partial charge in [-0.15, -0.1) is 0 Å². The topological polar surface area (TPSA) is 63.6 Å². The van der Waals surface area contributed by atoms with Gasteiger partial charge < -0.3 is 9.84 Å². The molecule has 16 heavy (non-hydrogen) atoms. The van der Waals surface area contributed by atoms with Gasteiger partial charge in [0, 0.05) is 18.8 Å². The molecule has 0 radical (unpaired) electrons. The lowest BCUT2D eigenvalue weighted by Crippen LogP contribution is -2.37. The molecule has 1 aliphatic carbocycles. The van der Waals surface area contributed by atoms with Crippen LogP contribution >= 0.6 is 0 Å². The highest BCUT2D eigenvalue weighted by Crippen LogP contribution is 2.34. The van der Waals surface area contributed by atoms with Crippen molar-refractivity contribution in [2.24, 2.45) is 5.92 Å². The Morgan fingerprint density at radius 3 is 2.81 bits per heavy atom. The minimum atomic E-state index is -1.07. The summed E-state index contributed by atoms with van der Waals surface area (Å²) in [6.07, 6.45) is 2.60. The zero-order valence-electron chi connectivity index (χ0n) is 9.99. The third-order valence-corrected chi connectivity index (χ3v) is 3.20. The van der Waals surface area contributed by atoms with Crippen LogP contribution in [0, 0.1) is 5.92 Å². The fourth-order valence-corrected chi connectivity index (χ4v) is 2.24. The van der Waals surface area contributed by atoms with Gasteiger partial charge in [-0.2, -0.15) is 0 Å². The lowest BCUT2D eigenvalue weighted by molar-refractivity contribution is -0.146. The van der Waals surface area contributed by atoms with Crippen molar-refractivity contribution in [1.82, 2.24) is 0 Å². The number of aliphatic hydroxyl groups is 1. The second kappa shape index (κ2) is 5.43. The van der Waals surface area contributed by atoms with Crippen LogP contribution in [-0.2, 0) is 14.3 Å². The molecule has 1 rings (SSSR count). The first-order valence-corrected chi connectivity index (χ1v) is 5.88. The summed E-state index contributed by atoms with van der Waals surface area (Å²) in [6.45, 7) is 3.74. The van der Waals surface area contributed by atoms with E-state index in [9.17, 15) is 14.7 Å². The van der Waals surface area contributed by atoms with E-state index < -0.39 is 5.60 Å². The quantitative estimate of drug-likeness (QED) is 0.723. The van der Waals surface area contributed by atoms with Gasteiger partial charge in [0.25, 0.3) is 0 Å². The van der Waals surface area contributed by atoms with Gasteiger partial charge in [0.2, 0.25) is 0 Å². The number of hydrogen-bond acceptors (Lipinski definition) is 4. The van der Waals surface area contributed by atoms with E-state index in [0.717, 1.165) is 12.8 Å². The van der Waals surface area contributed by atoms with Crippen molar-refractivity contribution in [2.45, 2.75) is 51.6 Å². The zero-order valence-corrected chi connectivity index (χ0v) is 9.99. The number of ketones is 1. The van der Waals surface area contributed by atoms with Crippen molar-refractivity contribution in [1.29, 1.82) is 0 Å². The first kappa shape index (κ1) is 13.2. The Kier molecular flexibility index (Phi) is 4.47. The largest absolute Gasteiger partial charge is 0.466 e. The summed E-state index contributed by atoms with van der Waals surface area (Å²) < 4.78 is 4.79. The summed E-state index contributed by atoms with van der Waals surface area (Å²) in [5.41, 5.74) is -1.07. The highest BCUT2D eigenvalue weighted by atomic mass is 16.5. The van der Waals surface area contributed by atoms with Gasteiger partial charge in [-0.05, 0) is 33.1 Å². The Balaban J connectivity index is 2.44. The van der Waals surface area contributed by atoms with Gasteiger partial charge in [0.1, 0.15) is 5.78 Å². The van der Waals surface area contributed by atoms with E-state index in [2.05, 4.69) is 0 Å². The average Bonchev–Trinajstić information content (AvgIpc) is 2.63. The van der Waals surface area contributed by atoms with Crippen LogP contribution in [0.1, 0.15) is 46.0 Å². The fourth-order valence-electron chi connectivity index (χ4n) is 2.24. The van der Waals surface area contributed by atoms with E-state index in [1.165, 1.54) is 0 Å². The zero-order chi connectivity index (χ0) is 12.2. The number of Topliss-reactive ketones (excluding diaryl/α,β-unsaturated/α-hetero) is 1. The van der Waals surface area contributed by atoms with Gasteiger partial charge in [-0.25, -0.2) is 0 Å². The molecule has 1 fully saturated rings. The highest BCUT2D eigenvalue weighted by Gasteiger charge is 2.39. The van der Waals surface area contributed by atoms with Crippen molar-refractivity contribution in [3.8, 4) is 0 Å². The first-order chi connectivity index (χ1) is 7.47. The second-order valence-corrected chi connectivity index (χ2v) is 4.57. The number of hydrogen-bond donors (Lipinski definition) is 1. The van der Waals surface area contributed by atoms with Crippen molar-refractivity contribution < 1.29 is 19.4 Å². The van der Waals surface area contributed by atoms with E-state index in [4.69, 9.17) is 4.74 Å². The number of carbonyl (C=O) groups is 2. The lowest BCUT2D eigenvalue weighted by atomic mass is 9.83. The summed E-state index contributed by atoms with van der Waals surface area (Å²) in [4.78, 5) is 22.7. The molecule has 0 aromatic heterocycles. The molecule has 2 atom stereocenters. The molecule has 0 heterocycles. The van der Waals surface area contributed by atoms with Crippen LogP contribution in [0.25, 0.3) is 0 Å². The van der Waals surface area contributed by atoms with Crippen molar-refractivity contribution in [2.75, 3.05) is 6.61 Å². The Morgan fingerprint density at radius 1 is 1.62 bits per heavy atom. The number of carbonyl (C=O) groups excluding carboxylic acids is 2. The van der Waals surface area contributed by atoms with Crippen LogP contribution in [0.3, 0.4) is 0 Å². The van der Waals surface area contributed by atoms with Crippen molar-refractivity contribution >= 4 is 11.8 Å². The monoisotopic (exact) mass is 228 g/mol. The molecule has 1 saturated carbocycles. The highest BCUT2D eigenvalue weighted by molar-refractivity contribution is 5.84. The van der Waals surface area contributed by atoms with Gasteiger partial charge in [-0.1, -0.05) is 0 Å². The molecule has 0 saturated heterocycles.